The van der Waals surface area contributed by atoms with Crippen molar-refractivity contribution in [1.82, 2.24) is 0 Å². The normalized spacial score (nSPS) is 16.8. The molecule has 0 saturated carbocycles. The van der Waals surface area contributed by atoms with Gasteiger partial charge in [0.1, 0.15) is 11.2 Å². The summed E-state index contributed by atoms with van der Waals surface area (Å²) < 4.78 is 9.58. The first-order valence-corrected chi connectivity index (χ1v) is 22.0. The number of nitrogens with zero attached hydrogens (tertiary/aromatic N) is 1. The molecular formula is C57H43NOS. The third kappa shape index (κ3) is 6.29. The van der Waals surface area contributed by atoms with Crippen molar-refractivity contribution in [2.45, 2.75) is 32.2 Å². The van der Waals surface area contributed by atoms with Gasteiger partial charge in [0.25, 0.3) is 0 Å². The van der Waals surface area contributed by atoms with E-state index in [1.807, 2.05) is 11.3 Å². The smallest absolute Gasteiger partial charge is 0.143 e. The van der Waals surface area contributed by atoms with Crippen molar-refractivity contribution in [2.75, 3.05) is 0 Å². The summed E-state index contributed by atoms with van der Waals surface area (Å²) >= 11 is 1.86. The summed E-state index contributed by atoms with van der Waals surface area (Å²) in [6.45, 7) is 2.31. The Bertz CT molecular complexity index is 3240. The Morgan fingerprint density at radius 1 is 0.550 bits per heavy atom. The summed E-state index contributed by atoms with van der Waals surface area (Å²) in [5, 5.41) is 4.82. The molecule has 0 spiro atoms. The number of hydrogen-bond acceptors (Lipinski definition) is 3. The fourth-order valence-electron chi connectivity index (χ4n) is 9.70. The van der Waals surface area contributed by atoms with E-state index in [4.69, 9.17) is 9.41 Å². The lowest BCUT2D eigenvalue weighted by atomic mass is 9.80. The molecule has 60 heavy (non-hydrogen) atoms. The number of rotatable bonds is 7. The van der Waals surface area contributed by atoms with Crippen molar-refractivity contribution in [1.29, 1.82) is 0 Å². The number of allylic oxidation sites excluding steroid dienone is 1. The minimum atomic E-state index is 0.00635. The zero-order chi connectivity index (χ0) is 40.0. The Morgan fingerprint density at radius 2 is 1.22 bits per heavy atom. The number of aliphatic imine (C=N–C) groups is 1. The number of hydrogen-bond donors (Lipinski definition) is 0. The van der Waals surface area contributed by atoms with Gasteiger partial charge in [0.05, 0.1) is 6.04 Å². The van der Waals surface area contributed by atoms with E-state index in [1.54, 1.807) is 0 Å². The predicted octanol–water partition coefficient (Wildman–Crippen LogP) is 16.4. The van der Waals surface area contributed by atoms with Crippen molar-refractivity contribution < 1.29 is 4.42 Å². The Labute approximate surface area is 354 Å². The van der Waals surface area contributed by atoms with Gasteiger partial charge in [-0.25, -0.2) is 0 Å². The van der Waals surface area contributed by atoms with Crippen LogP contribution in [0.2, 0.25) is 0 Å². The molecule has 10 aromatic rings. The Balaban J connectivity index is 1.06. The van der Waals surface area contributed by atoms with Crippen LogP contribution < -0.4 is 0 Å². The van der Waals surface area contributed by atoms with Crippen molar-refractivity contribution in [2.24, 2.45) is 10.9 Å². The largest absolute Gasteiger partial charge is 0.455 e. The van der Waals surface area contributed by atoms with E-state index >= 15 is 0 Å². The zero-order valence-corrected chi connectivity index (χ0v) is 34.3. The Morgan fingerprint density at radius 3 is 2.03 bits per heavy atom. The van der Waals surface area contributed by atoms with Crippen LogP contribution in [0.25, 0.3) is 81.1 Å². The Hall–Kier alpha value is -6.81. The lowest BCUT2D eigenvalue weighted by Gasteiger charge is -2.29. The van der Waals surface area contributed by atoms with Crippen molar-refractivity contribution >= 4 is 64.7 Å². The first-order valence-electron chi connectivity index (χ1n) is 21.2. The fraction of sp³-hybridized carbons (Fsp3) is 0.105. The molecular weight excluding hydrogens is 747 g/mol. The SMILES string of the molecule is CCC1/C(c2ccccc2)=C\CCC(c2cccc(-c3cccc4oc5c(-c6c(-c7ccccc7)ccc7sc8ccccc8c67)cccc5c34)c2)=NC1c1ccccc1. The van der Waals surface area contributed by atoms with Gasteiger partial charge in [0, 0.05) is 53.7 Å². The van der Waals surface area contributed by atoms with Crippen LogP contribution in [-0.2, 0) is 0 Å². The molecule has 2 atom stereocenters. The van der Waals surface area contributed by atoms with Crippen LogP contribution in [0.1, 0.15) is 48.9 Å². The van der Waals surface area contributed by atoms with E-state index in [1.165, 1.54) is 59.1 Å². The summed E-state index contributed by atoms with van der Waals surface area (Å²) in [7, 11) is 0. The second-order valence-electron chi connectivity index (χ2n) is 15.9. The van der Waals surface area contributed by atoms with Gasteiger partial charge in [0.15, 0.2) is 0 Å². The average molecular weight is 790 g/mol. The molecule has 288 valence electrons. The maximum atomic E-state index is 7.01. The zero-order valence-electron chi connectivity index (χ0n) is 33.5. The highest BCUT2D eigenvalue weighted by Gasteiger charge is 2.28. The first kappa shape index (κ1) is 36.3. The number of thiophene rings is 1. The minimum absolute atomic E-state index is 0.00635. The number of benzene rings is 8. The van der Waals surface area contributed by atoms with Gasteiger partial charge in [-0.15, -0.1) is 11.3 Å². The van der Waals surface area contributed by atoms with Crippen molar-refractivity contribution in [3.05, 3.63) is 211 Å². The molecule has 3 heteroatoms. The van der Waals surface area contributed by atoms with Crippen LogP contribution in [0, 0.1) is 5.92 Å². The predicted molar refractivity (Wildman–Crippen MR) is 256 cm³/mol. The van der Waals surface area contributed by atoms with Crippen LogP contribution in [0.15, 0.2) is 204 Å². The van der Waals surface area contributed by atoms with Crippen molar-refractivity contribution in [3.8, 4) is 33.4 Å². The maximum Gasteiger partial charge on any atom is 0.143 e. The van der Waals surface area contributed by atoms with E-state index in [0.29, 0.717) is 0 Å². The highest BCUT2D eigenvalue weighted by Crippen LogP contribution is 2.49. The fourth-order valence-corrected chi connectivity index (χ4v) is 10.8. The second kappa shape index (κ2) is 15.4. The van der Waals surface area contributed by atoms with Crippen LogP contribution in [-0.4, -0.2) is 5.71 Å². The molecule has 2 aromatic heterocycles. The number of fused-ring (bicyclic) bond motifs is 6. The monoisotopic (exact) mass is 789 g/mol. The highest BCUT2D eigenvalue weighted by atomic mass is 32.1. The van der Waals surface area contributed by atoms with Crippen molar-refractivity contribution in [3.63, 3.8) is 0 Å². The standard InChI is InChI=1S/C57H43NOS/c1-2-42-43(37-18-6-3-7-19-37)27-16-31-49(58-56(42)39-22-10-5-11-23-39)41-25-14-24-40(36-41)44-28-17-32-50-53(44)47-29-15-30-48(57(47)59-50)54-45(38-20-8-4-9-21-38)34-35-52-55(54)46-26-12-13-33-51(46)60-52/h3-15,17-30,32-36,42,56H,2,16,31H2,1H3/b43-27-,58-49?. The van der Waals surface area contributed by atoms with Gasteiger partial charge in [-0.2, -0.15) is 0 Å². The van der Waals surface area contributed by atoms with Gasteiger partial charge in [-0.3, -0.25) is 4.99 Å². The molecule has 0 fully saturated rings. The van der Waals surface area contributed by atoms with E-state index in [-0.39, 0.29) is 12.0 Å². The summed E-state index contributed by atoms with van der Waals surface area (Å²) in [6.07, 6.45) is 5.29. The van der Waals surface area contributed by atoms with Gasteiger partial charge >= 0.3 is 0 Å². The molecule has 1 aliphatic heterocycles. The van der Waals surface area contributed by atoms with Crippen LogP contribution in [0.4, 0.5) is 0 Å². The lowest BCUT2D eigenvalue weighted by Crippen LogP contribution is -2.17. The Kier molecular flexibility index (Phi) is 9.32. The molecule has 8 aromatic carbocycles. The van der Waals surface area contributed by atoms with E-state index in [0.717, 1.165) is 63.6 Å². The van der Waals surface area contributed by atoms with E-state index in [9.17, 15) is 0 Å². The van der Waals surface area contributed by atoms with Gasteiger partial charge < -0.3 is 4.42 Å². The first-order chi connectivity index (χ1) is 29.7. The number of para-hydroxylation sites is 1. The van der Waals surface area contributed by atoms with Gasteiger partial charge in [-0.1, -0.05) is 177 Å². The van der Waals surface area contributed by atoms with Crippen LogP contribution >= 0.6 is 11.3 Å². The quantitative estimate of drug-likeness (QED) is 0.158. The van der Waals surface area contributed by atoms with E-state index < -0.39 is 0 Å². The molecule has 0 amide bonds. The minimum Gasteiger partial charge on any atom is -0.455 e. The third-order valence-electron chi connectivity index (χ3n) is 12.4. The lowest BCUT2D eigenvalue weighted by molar-refractivity contribution is 0.519. The molecule has 0 radical (unpaired) electrons. The van der Waals surface area contributed by atoms with E-state index in [2.05, 4.69) is 201 Å². The molecule has 0 N–H and O–H groups in total. The van der Waals surface area contributed by atoms with Gasteiger partial charge in [0.2, 0.25) is 0 Å². The van der Waals surface area contributed by atoms with Crippen LogP contribution in [0.3, 0.4) is 0 Å². The molecule has 0 saturated heterocycles. The summed E-state index contributed by atoms with van der Waals surface area (Å²) in [5.74, 6) is 0.258. The van der Waals surface area contributed by atoms with Gasteiger partial charge in [-0.05, 0) is 88.0 Å². The number of furan rings is 1. The molecule has 11 rings (SSSR count). The molecule has 2 unspecified atom stereocenters. The summed E-state index contributed by atoms with van der Waals surface area (Å²) in [4.78, 5) is 5.72. The topological polar surface area (TPSA) is 25.5 Å². The maximum absolute atomic E-state index is 7.01. The highest BCUT2D eigenvalue weighted by molar-refractivity contribution is 7.26. The molecule has 2 nitrogen and oxygen atoms in total. The van der Waals surface area contributed by atoms with Crippen LogP contribution in [0.5, 0.6) is 0 Å². The molecule has 3 heterocycles. The average Bonchev–Trinajstić information content (AvgIpc) is 3.89. The summed E-state index contributed by atoms with van der Waals surface area (Å²) in [6, 6.07) is 68.2. The molecule has 0 bridgehead atoms. The summed E-state index contributed by atoms with van der Waals surface area (Å²) in [5.41, 5.74) is 15.1. The third-order valence-corrected chi connectivity index (χ3v) is 13.6. The molecule has 0 aliphatic carbocycles. The second-order valence-corrected chi connectivity index (χ2v) is 17.0. The molecule has 1 aliphatic rings.